The number of unbranched alkanes of at least 4 members (excludes halogenated alkanes) is 2. The molecule has 80 valence electrons. The van der Waals surface area contributed by atoms with E-state index in [1.165, 1.54) is 25.7 Å². The third-order valence-electron chi connectivity index (χ3n) is 3.32. The van der Waals surface area contributed by atoms with Gasteiger partial charge in [0.1, 0.15) is 0 Å². The van der Waals surface area contributed by atoms with Gasteiger partial charge in [-0.25, -0.2) is 0 Å². The Balaban J connectivity index is 3.76. The Morgan fingerprint density at radius 1 is 1.23 bits per heavy atom. The molecule has 0 aliphatic rings. The van der Waals surface area contributed by atoms with Gasteiger partial charge in [0.2, 0.25) is 0 Å². The first-order chi connectivity index (χ1) is 6.04. The van der Waals surface area contributed by atoms with Crippen molar-refractivity contribution in [1.29, 1.82) is 0 Å². The molecule has 0 aliphatic heterocycles. The van der Waals surface area contributed by atoms with Crippen molar-refractivity contribution in [1.82, 2.24) is 0 Å². The van der Waals surface area contributed by atoms with E-state index in [0.29, 0.717) is 17.9 Å². The normalized spacial score (nSPS) is 14.5. The molecule has 0 aromatic rings. The highest BCUT2D eigenvalue weighted by Crippen LogP contribution is 2.34. The van der Waals surface area contributed by atoms with Crippen LogP contribution in [0.25, 0.3) is 0 Å². The van der Waals surface area contributed by atoms with E-state index in [4.69, 9.17) is 5.11 Å². The van der Waals surface area contributed by atoms with Gasteiger partial charge in [0.25, 0.3) is 0 Å². The van der Waals surface area contributed by atoms with Crippen LogP contribution < -0.4 is 0 Å². The van der Waals surface area contributed by atoms with Crippen LogP contribution in [0.15, 0.2) is 0 Å². The first kappa shape index (κ1) is 13.0. The standard InChI is InChI=1S/C12H26O/c1-5-6-7-9-12(3,4)11(2)8-10-13/h11,13H,5-10H2,1-4H3. The fourth-order valence-electron chi connectivity index (χ4n) is 1.66. The summed E-state index contributed by atoms with van der Waals surface area (Å²) in [4.78, 5) is 0. The first-order valence-electron chi connectivity index (χ1n) is 5.65. The van der Waals surface area contributed by atoms with Gasteiger partial charge < -0.3 is 5.11 Å². The summed E-state index contributed by atoms with van der Waals surface area (Å²) in [6, 6.07) is 0. The van der Waals surface area contributed by atoms with E-state index in [2.05, 4.69) is 27.7 Å². The molecule has 1 N–H and O–H groups in total. The second-order valence-electron chi connectivity index (χ2n) is 4.86. The molecule has 0 aromatic heterocycles. The van der Waals surface area contributed by atoms with Crippen LogP contribution in [0.4, 0.5) is 0 Å². The molecule has 0 aliphatic carbocycles. The number of aliphatic hydroxyl groups is 1. The van der Waals surface area contributed by atoms with E-state index in [-0.39, 0.29) is 0 Å². The number of aliphatic hydroxyl groups excluding tert-OH is 1. The number of rotatable bonds is 7. The van der Waals surface area contributed by atoms with Crippen LogP contribution in [0.3, 0.4) is 0 Å². The van der Waals surface area contributed by atoms with Crippen molar-refractivity contribution in [3.63, 3.8) is 0 Å². The maximum atomic E-state index is 8.87. The van der Waals surface area contributed by atoms with E-state index in [9.17, 15) is 0 Å². The minimum Gasteiger partial charge on any atom is -0.396 e. The third-order valence-corrected chi connectivity index (χ3v) is 3.32. The van der Waals surface area contributed by atoms with Gasteiger partial charge in [0, 0.05) is 6.61 Å². The Labute approximate surface area is 83.5 Å². The smallest absolute Gasteiger partial charge is 0.0433 e. The molecule has 0 rings (SSSR count). The molecule has 0 saturated carbocycles. The summed E-state index contributed by atoms with van der Waals surface area (Å²) in [5, 5.41) is 8.87. The zero-order chi connectivity index (χ0) is 10.3. The van der Waals surface area contributed by atoms with Gasteiger partial charge in [0.15, 0.2) is 0 Å². The van der Waals surface area contributed by atoms with Crippen LogP contribution in [0.5, 0.6) is 0 Å². The summed E-state index contributed by atoms with van der Waals surface area (Å²) in [5.41, 5.74) is 0.401. The lowest BCUT2D eigenvalue weighted by molar-refractivity contribution is 0.157. The van der Waals surface area contributed by atoms with E-state index < -0.39 is 0 Å². The van der Waals surface area contributed by atoms with Crippen LogP contribution in [0.1, 0.15) is 59.8 Å². The van der Waals surface area contributed by atoms with Gasteiger partial charge in [-0.1, -0.05) is 47.0 Å². The van der Waals surface area contributed by atoms with Crippen LogP contribution in [-0.2, 0) is 0 Å². The molecule has 0 amide bonds. The largest absolute Gasteiger partial charge is 0.396 e. The third kappa shape index (κ3) is 5.30. The Morgan fingerprint density at radius 3 is 2.31 bits per heavy atom. The van der Waals surface area contributed by atoms with Gasteiger partial charge in [-0.05, 0) is 24.2 Å². The average molecular weight is 186 g/mol. The lowest BCUT2D eigenvalue weighted by Crippen LogP contribution is -2.22. The lowest BCUT2D eigenvalue weighted by atomic mass is 9.74. The van der Waals surface area contributed by atoms with Crippen molar-refractivity contribution >= 4 is 0 Å². The van der Waals surface area contributed by atoms with Crippen molar-refractivity contribution in [3.8, 4) is 0 Å². The van der Waals surface area contributed by atoms with E-state index in [1.807, 2.05) is 0 Å². The zero-order valence-corrected chi connectivity index (χ0v) is 9.77. The Hall–Kier alpha value is -0.0400. The maximum absolute atomic E-state index is 8.87. The van der Waals surface area contributed by atoms with Crippen molar-refractivity contribution in [3.05, 3.63) is 0 Å². The quantitative estimate of drug-likeness (QED) is 0.602. The van der Waals surface area contributed by atoms with Crippen LogP contribution in [-0.4, -0.2) is 11.7 Å². The van der Waals surface area contributed by atoms with E-state index >= 15 is 0 Å². The minimum absolute atomic E-state index is 0.332. The highest BCUT2D eigenvalue weighted by molar-refractivity contribution is 4.74. The van der Waals surface area contributed by atoms with E-state index in [0.717, 1.165) is 6.42 Å². The summed E-state index contributed by atoms with van der Waals surface area (Å²) < 4.78 is 0. The SMILES string of the molecule is CCCCCC(C)(C)C(C)CCO. The van der Waals surface area contributed by atoms with Crippen molar-refractivity contribution < 1.29 is 5.11 Å². The van der Waals surface area contributed by atoms with Gasteiger partial charge in [0.05, 0.1) is 0 Å². The highest BCUT2D eigenvalue weighted by Gasteiger charge is 2.24. The summed E-state index contributed by atoms with van der Waals surface area (Å²) in [7, 11) is 0. The van der Waals surface area contributed by atoms with Gasteiger partial charge in [-0.2, -0.15) is 0 Å². The summed E-state index contributed by atoms with van der Waals surface area (Å²) >= 11 is 0. The van der Waals surface area contributed by atoms with E-state index in [1.54, 1.807) is 0 Å². The molecule has 0 radical (unpaired) electrons. The fraction of sp³-hybridized carbons (Fsp3) is 1.00. The molecule has 1 atom stereocenters. The Kier molecular flexibility index (Phi) is 6.40. The zero-order valence-electron chi connectivity index (χ0n) is 9.77. The summed E-state index contributed by atoms with van der Waals surface area (Å²) in [5.74, 6) is 0.634. The van der Waals surface area contributed by atoms with Crippen LogP contribution in [0.2, 0.25) is 0 Å². The predicted molar refractivity (Wildman–Crippen MR) is 58.8 cm³/mol. The molecule has 0 saturated heterocycles. The van der Waals surface area contributed by atoms with Crippen LogP contribution >= 0.6 is 0 Å². The molecule has 1 heteroatoms. The van der Waals surface area contributed by atoms with Gasteiger partial charge in [-0.15, -0.1) is 0 Å². The molecule has 1 nitrogen and oxygen atoms in total. The summed E-state index contributed by atoms with van der Waals surface area (Å²) in [6.45, 7) is 9.47. The van der Waals surface area contributed by atoms with Crippen molar-refractivity contribution in [2.45, 2.75) is 59.8 Å². The highest BCUT2D eigenvalue weighted by atomic mass is 16.3. The van der Waals surface area contributed by atoms with Gasteiger partial charge >= 0.3 is 0 Å². The van der Waals surface area contributed by atoms with Crippen molar-refractivity contribution in [2.75, 3.05) is 6.61 Å². The Morgan fingerprint density at radius 2 is 1.85 bits per heavy atom. The molecule has 0 heterocycles. The fourth-order valence-corrected chi connectivity index (χ4v) is 1.66. The molecule has 1 unspecified atom stereocenters. The minimum atomic E-state index is 0.332. The lowest BCUT2D eigenvalue weighted by Gasteiger charge is -2.31. The second-order valence-corrected chi connectivity index (χ2v) is 4.86. The number of hydrogen-bond acceptors (Lipinski definition) is 1. The molecular weight excluding hydrogens is 160 g/mol. The Bertz CT molecular complexity index is 118. The maximum Gasteiger partial charge on any atom is 0.0433 e. The summed E-state index contributed by atoms with van der Waals surface area (Å²) in [6.07, 6.45) is 6.21. The molecule has 0 fully saturated rings. The first-order valence-corrected chi connectivity index (χ1v) is 5.65. The topological polar surface area (TPSA) is 20.2 Å². The van der Waals surface area contributed by atoms with Crippen molar-refractivity contribution in [2.24, 2.45) is 11.3 Å². The molecule has 13 heavy (non-hydrogen) atoms. The molecule has 0 aromatic carbocycles. The molecular formula is C12H26O. The average Bonchev–Trinajstić information content (AvgIpc) is 2.05. The predicted octanol–water partition coefficient (Wildman–Crippen LogP) is 3.61. The molecule has 0 spiro atoms. The molecule has 0 bridgehead atoms. The van der Waals surface area contributed by atoms with Crippen LogP contribution in [0, 0.1) is 11.3 Å². The number of hydrogen-bond donors (Lipinski definition) is 1. The van der Waals surface area contributed by atoms with Gasteiger partial charge in [-0.3, -0.25) is 0 Å². The monoisotopic (exact) mass is 186 g/mol. The second kappa shape index (κ2) is 6.42.